The number of piperidine rings is 1. The minimum absolute atomic E-state index is 0.0643. The van der Waals surface area contributed by atoms with E-state index in [2.05, 4.69) is 26.6 Å². The van der Waals surface area contributed by atoms with Gasteiger partial charge in [0.25, 0.3) is 5.69 Å². The molecule has 1 unspecified atom stereocenters. The predicted octanol–water partition coefficient (Wildman–Crippen LogP) is 1.82. The molecular weight excluding hydrogens is 330 g/mol. The van der Waals surface area contributed by atoms with E-state index < -0.39 is 4.92 Å². The molecule has 0 bridgehead atoms. The van der Waals surface area contributed by atoms with Crippen molar-refractivity contribution in [3.05, 3.63) is 32.8 Å². The average molecular weight is 342 g/mol. The van der Waals surface area contributed by atoms with Crippen LogP contribution in [-0.4, -0.2) is 23.3 Å². The number of benzene rings is 1. The van der Waals surface area contributed by atoms with Crippen LogP contribution >= 0.6 is 15.9 Å². The molecule has 1 saturated heterocycles. The number of rotatable bonds is 3. The molecule has 2 N–H and O–H groups in total. The Morgan fingerprint density at radius 1 is 1.50 bits per heavy atom. The lowest BCUT2D eigenvalue weighted by Gasteiger charge is -2.21. The maximum atomic E-state index is 12.1. The summed E-state index contributed by atoms with van der Waals surface area (Å²) in [6.07, 6.45) is 0.790. The number of nitro benzene ring substituents is 1. The van der Waals surface area contributed by atoms with Crippen LogP contribution in [0.2, 0.25) is 0 Å². The van der Waals surface area contributed by atoms with Gasteiger partial charge in [-0.3, -0.25) is 19.7 Å². The summed E-state index contributed by atoms with van der Waals surface area (Å²) >= 11 is 3.23. The number of nitro groups is 1. The lowest BCUT2D eigenvalue weighted by molar-refractivity contribution is -0.384. The predicted molar refractivity (Wildman–Crippen MR) is 75.2 cm³/mol. The molecule has 0 radical (unpaired) electrons. The molecule has 0 saturated carbocycles. The summed E-state index contributed by atoms with van der Waals surface area (Å²) in [7, 11) is 0. The molecule has 1 aromatic rings. The van der Waals surface area contributed by atoms with E-state index in [4.69, 9.17) is 0 Å². The van der Waals surface area contributed by atoms with Crippen molar-refractivity contribution < 1.29 is 14.5 Å². The van der Waals surface area contributed by atoms with Gasteiger partial charge in [0, 0.05) is 29.6 Å². The standard InChI is InChI=1S/C12H12BrN3O4/c13-9-3-2-8(16(19)20)5-10(9)15-12(18)7-1-4-11(17)14-6-7/h2-3,5,7H,1,4,6H2,(H,14,17)(H,15,18). The van der Waals surface area contributed by atoms with Crippen molar-refractivity contribution in [1.29, 1.82) is 0 Å². The Balaban J connectivity index is 2.09. The molecule has 8 heteroatoms. The second-order valence-electron chi connectivity index (χ2n) is 4.45. The number of nitrogens with one attached hydrogen (secondary N) is 2. The summed E-state index contributed by atoms with van der Waals surface area (Å²) in [5.74, 6) is -0.643. The van der Waals surface area contributed by atoms with Gasteiger partial charge in [-0.15, -0.1) is 0 Å². The Labute approximate surface area is 123 Å². The molecule has 20 heavy (non-hydrogen) atoms. The van der Waals surface area contributed by atoms with Gasteiger partial charge < -0.3 is 10.6 Å². The summed E-state index contributed by atoms with van der Waals surface area (Å²) in [5.41, 5.74) is 0.251. The second-order valence-corrected chi connectivity index (χ2v) is 5.30. The number of carbonyl (C=O) groups is 2. The van der Waals surface area contributed by atoms with Crippen LogP contribution in [0.4, 0.5) is 11.4 Å². The van der Waals surface area contributed by atoms with Crippen LogP contribution < -0.4 is 10.6 Å². The van der Waals surface area contributed by atoms with E-state index in [-0.39, 0.29) is 30.0 Å². The van der Waals surface area contributed by atoms with Gasteiger partial charge in [0.15, 0.2) is 0 Å². The quantitative estimate of drug-likeness (QED) is 0.646. The molecule has 2 rings (SSSR count). The largest absolute Gasteiger partial charge is 0.355 e. The highest BCUT2D eigenvalue weighted by atomic mass is 79.9. The lowest BCUT2D eigenvalue weighted by Crippen LogP contribution is -2.40. The van der Waals surface area contributed by atoms with Crippen LogP contribution in [0, 0.1) is 16.0 Å². The zero-order chi connectivity index (χ0) is 14.7. The normalized spacial score (nSPS) is 18.2. The Hall–Kier alpha value is -1.96. The zero-order valence-electron chi connectivity index (χ0n) is 10.4. The summed E-state index contributed by atoms with van der Waals surface area (Å²) in [6.45, 7) is 0.289. The summed E-state index contributed by atoms with van der Waals surface area (Å²) in [5, 5.41) is 16.0. The SMILES string of the molecule is O=C1CCC(C(=O)Nc2cc([N+](=O)[O-])ccc2Br)CN1. The second kappa shape index (κ2) is 6.00. The number of amides is 2. The van der Waals surface area contributed by atoms with Crippen LogP contribution in [0.1, 0.15) is 12.8 Å². The van der Waals surface area contributed by atoms with Gasteiger partial charge >= 0.3 is 0 Å². The number of hydrogen-bond donors (Lipinski definition) is 2. The van der Waals surface area contributed by atoms with Gasteiger partial charge in [0.2, 0.25) is 11.8 Å². The lowest BCUT2D eigenvalue weighted by atomic mass is 9.98. The first kappa shape index (κ1) is 14.4. The van der Waals surface area contributed by atoms with Crippen molar-refractivity contribution in [2.24, 2.45) is 5.92 Å². The van der Waals surface area contributed by atoms with Gasteiger partial charge in [-0.2, -0.15) is 0 Å². The fourth-order valence-electron chi connectivity index (χ4n) is 1.91. The molecule has 0 spiro atoms. The molecule has 1 fully saturated rings. The van der Waals surface area contributed by atoms with Gasteiger partial charge in [0.05, 0.1) is 16.5 Å². The first-order valence-corrected chi connectivity index (χ1v) is 6.78. The zero-order valence-corrected chi connectivity index (χ0v) is 12.0. The molecule has 0 aromatic heterocycles. The van der Waals surface area contributed by atoms with E-state index in [1.807, 2.05) is 0 Å². The third-order valence-corrected chi connectivity index (χ3v) is 3.75. The van der Waals surface area contributed by atoms with Crippen molar-refractivity contribution in [3.8, 4) is 0 Å². The van der Waals surface area contributed by atoms with Crippen molar-refractivity contribution >= 4 is 39.1 Å². The van der Waals surface area contributed by atoms with Crippen LogP contribution in [0.5, 0.6) is 0 Å². The topological polar surface area (TPSA) is 101 Å². The molecule has 1 atom stereocenters. The maximum absolute atomic E-state index is 12.1. The maximum Gasteiger partial charge on any atom is 0.271 e. The van der Waals surface area contributed by atoms with Gasteiger partial charge in [-0.1, -0.05) is 0 Å². The number of anilines is 1. The van der Waals surface area contributed by atoms with Gasteiger partial charge in [-0.25, -0.2) is 0 Å². The Kier molecular flexibility index (Phi) is 4.33. The number of halogens is 1. The smallest absolute Gasteiger partial charge is 0.271 e. The van der Waals surface area contributed by atoms with Crippen molar-refractivity contribution in [2.45, 2.75) is 12.8 Å². The highest BCUT2D eigenvalue weighted by Gasteiger charge is 2.25. The third-order valence-electron chi connectivity index (χ3n) is 3.05. The molecule has 2 amide bonds. The molecule has 1 aliphatic rings. The average Bonchev–Trinajstić information content (AvgIpc) is 2.41. The van der Waals surface area contributed by atoms with E-state index in [9.17, 15) is 19.7 Å². The minimum Gasteiger partial charge on any atom is -0.355 e. The van der Waals surface area contributed by atoms with E-state index in [0.717, 1.165) is 0 Å². The Bertz CT molecular complexity index is 566. The molecule has 106 valence electrons. The fraction of sp³-hybridized carbons (Fsp3) is 0.333. The highest BCUT2D eigenvalue weighted by molar-refractivity contribution is 9.10. The summed E-state index contributed by atoms with van der Waals surface area (Å²) < 4.78 is 0.566. The van der Waals surface area contributed by atoms with E-state index in [0.29, 0.717) is 23.0 Å². The third kappa shape index (κ3) is 3.32. The first-order chi connectivity index (χ1) is 9.47. The number of nitrogens with zero attached hydrogens (tertiary/aromatic N) is 1. The van der Waals surface area contributed by atoms with Gasteiger partial charge in [0.1, 0.15) is 0 Å². The molecule has 0 aliphatic carbocycles. The summed E-state index contributed by atoms with van der Waals surface area (Å²) in [6, 6.07) is 4.15. The molecular formula is C12H12BrN3O4. The monoisotopic (exact) mass is 341 g/mol. The Morgan fingerprint density at radius 2 is 2.25 bits per heavy atom. The van der Waals surface area contributed by atoms with Crippen molar-refractivity contribution in [1.82, 2.24) is 5.32 Å². The van der Waals surface area contributed by atoms with Gasteiger partial charge in [-0.05, 0) is 28.4 Å². The number of non-ortho nitro benzene ring substituents is 1. The van der Waals surface area contributed by atoms with Crippen LogP contribution in [0.15, 0.2) is 22.7 Å². The van der Waals surface area contributed by atoms with E-state index in [1.165, 1.54) is 18.2 Å². The van der Waals surface area contributed by atoms with E-state index in [1.54, 1.807) is 0 Å². The number of hydrogen-bond acceptors (Lipinski definition) is 4. The number of carbonyl (C=O) groups excluding carboxylic acids is 2. The Morgan fingerprint density at radius 3 is 2.85 bits per heavy atom. The van der Waals surface area contributed by atoms with Crippen LogP contribution in [0.3, 0.4) is 0 Å². The molecule has 1 heterocycles. The molecule has 1 aliphatic heterocycles. The first-order valence-electron chi connectivity index (χ1n) is 5.99. The van der Waals surface area contributed by atoms with Crippen LogP contribution in [0.25, 0.3) is 0 Å². The van der Waals surface area contributed by atoms with E-state index >= 15 is 0 Å². The molecule has 1 aromatic carbocycles. The van der Waals surface area contributed by atoms with Crippen molar-refractivity contribution in [3.63, 3.8) is 0 Å². The fourth-order valence-corrected chi connectivity index (χ4v) is 2.26. The molecule has 7 nitrogen and oxygen atoms in total. The minimum atomic E-state index is -0.525. The van der Waals surface area contributed by atoms with Crippen molar-refractivity contribution in [2.75, 3.05) is 11.9 Å². The summed E-state index contributed by atoms with van der Waals surface area (Å²) in [4.78, 5) is 33.3. The van der Waals surface area contributed by atoms with Crippen LogP contribution in [-0.2, 0) is 9.59 Å². The highest BCUT2D eigenvalue weighted by Crippen LogP contribution is 2.28.